The smallest absolute Gasteiger partial charge is 0.407 e. The molecule has 4 rings (SSSR count). The standard InChI is InChI=1S/C36H49N7O4S2/c1-25(2)34-40-30(23-48-34)21-43(3)35(45)42-32(16-17-37)33(44)39-28(18-26-10-6-4-7-11-26)14-15-29(19-27-12-8-5-9-13-27)41-36(46)47-22-31-20-38-24-49-31/h4-13,23-25,28-29,31-32H,14-22,37H2,1-3H3,(H,39,44)(H,41,46)(H,42,45). The maximum atomic E-state index is 13.7. The van der Waals surface area contributed by atoms with Gasteiger partial charge in [0.1, 0.15) is 12.6 Å². The van der Waals surface area contributed by atoms with Crippen LogP contribution in [0.5, 0.6) is 0 Å². The first-order valence-electron chi connectivity index (χ1n) is 16.8. The van der Waals surface area contributed by atoms with Gasteiger partial charge >= 0.3 is 12.1 Å². The molecule has 0 saturated heterocycles. The van der Waals surface area contributed by atoms with Crippen molar-refractivity contribution in [3.63, 3.8) is 0 Å². The summed E-state index contributed by atoms with van der Waals surface area (Å²) in [6.45, 7) is 5.65. The number of carbonyl (C=O) groups is 3. The van der Waals surface area contributed by atoms with Gasteiger partial charge in [-0.1, -0.05) is 74.5 Å². The van der Waals surface area contributed by atoms with Crippen molar-refractivity contribution < 1.29 is 19.1 Å². The fourth-order valence-electron chi connectivity index (χ4n) is 5.42. The van der Waals surface area contributed by atoms with E-state index in [1.807, 2.05) is 66.0 Å². The highest BCUT2D eigenvalue weighted by Crippen LogP contribution is 2.20. The second-order valence-electron chi connectivity index (χ2n) is 12.6. The Balaban J connectivity index is 1.41. The van der Waals surface area contributed by atoms with Crippen LogP contribution in [0, 0.1) is 0 Å². The molecule has 1 aromatic heterocycles. The van der Waals surface area contributed by atoms with Crippen LogP contribution in [0.1, 0.15) is 60.9 Å². The van der Waals surface area contributed by atoms with Gasteiger partial charge in [0, 0.05) is 30.4 Å². The van der Waals surface area contributed by atoms with Crippen molar-refractivity contribution in [1.29, 1.82) is 0 Å². The van der Waals surface area contributed by atoms with Gasteiger partial charge in [0.25, 0.3) is 0 Å². The quantitative estimate of drug-likeness (QED) is 0.143. The third-order valence-electron chi connectivity index (χ3n) is 8.10. The predicted octanol–water partition coefficient (Wildman–Crippen LogP) is 5.11. The van der Waals surface area contributed by atoms with Gasteiger partial charge in [0.05, 0.1) is 34.6 Å². The Kier molecular flexibility index (Phi) is 15.4. The SMILES string of the molecule is CC(C)c1nc(CN(C)C(=O)NC(CCN)C(=O)NC(CCC(Cc2ccccc2)NC(=O)OCC2CN=CS2)Cc2ccccc2)cs1. The molecule has 11 nitrogen and oxygen atoms in total. The lowest BCUT2D eigenvalue weighted by atomic mass is 9.95. The Labute approximate surface area is 297 Å². The third kappa shape index (κ3) is 13.1. The summed E-state index contributed by atoms with van der Waals surface area (Å²) < 4.78 is 5.54. The molecule has 0 radical (unpaired) electrons. The number of hydrogen-bond acceptors (Lipinski definition) is 9. The Bertz CT molecular complexity index is 1480. The van der Waals surface area contributed by atoms with Crippen LogP contribution < -0.4 is 21.7 Å². The molecule has 264 valence electrons. The monoisotopic (exact) mass is 707 g/mol. The van der Waals surface area contributed by atoms with E-state index < -0.39 is 12.1 Å². The third-order valence-corrected chi connectivity index (χ3v) is 10.2. The average molecular weight is 708 g/mol. The number of nitrogens with zero attached hydrogens (tertiary/aromatic N) is 3. The van der Waals surface area contributed by atoms with Gasteiger partial charge in [0.2, 0.25) is 5.91 Å². The van der Waals surface area contributed by atoms with Crippen molar-refractivity contribution in [3.05, 3.63) is 87.9 Å². The minimum atomic E-state index is -0.814. The fraction of sp³-hybridized carbons (Fsp3) is 0.472. The fourth-order valence-corrected chi connectivity index (χ4v) is 6.91. The first-order valence-corrected chi connectivity index (χ1v) is 18.6. The van der Waals surface area contributed by atoms with Gasteiger partial charge in [-0.2, -0.15) is 0 Å². The highest BCUT2D eigenvalue weighted by Gasteiger charge is 2.26. The van der Waals surface area contributed by atoms with Crippen LogP contribution in [0.15, 0.2) is 71.0 Å². The van der Waals surface area contributed by atoms with E-state index in [1.165, 1.54) is 4.90 Å². The van der Waals surface area contributed by atoms with Crippen LogP contribution >= 0.6 is 23.1 Å². The Hall–Kier alpha value is -3.94. The van der Waals surface area contributed by atoms with E-state index in [0.29, 0.717) is 44.7 Å². The number of thioether (sulfide) groups is 1. The molecule has 4 unspecified atom stereocenters. The zero-order chi connectivity index (χ0) is 35.0. The molecule has 0 aliphatic carbocycles. The molecule has 0 bridgehead atoms. The van der Waals surface area contributed by atoms with E-state index in [1.54, 1.807) is 35.7 Å². The van der Waals surface area contributed by atoms with Crippen molar-refractivity contribution >= 4 is 46.7 Å². The zero-order valence-electron chi connectivity index (χ0n) is 28.5. The summed E-state index contributed by atoms with van der Waals surface area (Å²) in [6.07, 6.45) is 2.18. The molecule has 49 heavy (non-hydrogen) atoms. The van der Waals surface area contributed by atoms with Gasteiger partial charge in [-0.05, 0) is 49.8 Å². The molecular weight excluding hydrogens is 659 g/mol. The molecule has 2 heterocycles. The number of ether oxygens (including phenoxy) is 1. The second-order valence-corrected chi connectivity index (χ2v) is 14.6. The largest absolute Gasteiger partial charge is 0.448 e. The van der Waals surface area contributed by atoms with E-state index >= 15 is 0 Å². The Morgan fingerprint density at radius 2 is 1.57 bits per heavy atom. The van der Waals surface area contributed by atoms with E-state index in [0.717, 1.165) is 21.8 Å². The molecular formula is C36H49N7O4S2. The zero-order valence-corrected chi connectivity index (χ0v) is 30.2. The summed E-state index contributed by atoms with van der Waals surface area (Å²) in [5, 5.41) is 12.3. The molecule has 0 fully saturated rings. The van der Waals surface area contributed by atoms with Gasteiger partial charge in [-0.25, -0.2) is 14.6 Å². The van der Waals surface area contributed by atoms with Gasteiger partial charge < -0.3 is 31.3 Å². The van der Waals surface area contributed by atoms with E-state index in [4.69, 9.17) is 10.5 Å². The Morgan fingerprint density at radius 3 is 2.12 bits per heavy atom. The molecule has 1 aliphatic heterocycles. The molecule has 3 aromatic rings. The highest BCUT2D eigenvalue weighted by molar-refractivity contribution is 8.12. The second kappa shape index (κ2) is 19.9. The molecule has 5 N–H and O–H groups in total. The predicted molar refractivity (Wildman–Crippen MR) is 198 cm³/mol. The number of alkyl carbamates (subject to hydrolysis) is 1. The van der Waals surface area contributed by atoms with Crippen molar-refractivity contribution in [2.24, 2.45) is 10.7 Å². The van der Waals surface area contributed by atoms with Crippen molar-refractivity contribution in [2.45, 2.75) is 81.8 Å². The van der Waals surface area contributed by atoms with E-state index in [2.05, 4.69) is 39.8 Å². The normalized spacial score (nSPS) is 15.7. The summed E-state index contributed by atoms with van der Waals surface area (Å²) in [5.41, 5.74) is 10.7. The maximum absolute atomic E-state index is 13.7. The van der Waals surface area contributed by atoms with Gasteiger partial charge in [0.15, 0.2) is 0 Å². The number of nitrogens with two attached hydrogens (primary N) is 1. The molecule has 4 amide bonds. The van der Waals surface area contributed by atoms with Crippen molar-refractivity contribution in [1.82, 2.24) is 25.8 Å². The summed E-state index contributed by atoms with van der Waals surface area (Å²) in [5.74, 6) is 0.0148. The lowest BCUT2D eigenvalue weighted by Gasteiger charge is -2.27. The van der Waals surface area contributed by atoms with Crippen LogP contribution in [0.4, 0.5) is 9.59 Å². The lowest BCUT2D eigenvalue weighted by molar-refractivity contribution is -0.123. The van der Waals surface area contributed by atoms with Crippen LogP contribution in [-0.4, -0.2) is 83.6 Å². The number of hydrogen-bond donors (Lipinski definition) is 4. The van der Waals surface area contributed by atoms with Crippen LogP contribution in [0.2, 0.25) is 0 Å². The number of rotatable bonds is 18. The van der Waals surface area contributed by atoms with Gasteiger partial charge in [-0.15, -0.1) is 23.1 Å². The molecule has 13 heteroatoms. The lowest BCUT2D eigenvalue weighted by Crippen LogP contribution is -2.53. The number of aromatic nitrogens is 1. The molecule has 2 aromatic carbocycles. The Morgan fingerprint density at radius 1 is 0.939 bits per heavy atom. The van der Waals surface area contributed by atoms with E-state index in [9.17, 15) is 14.4 Å². The summed E-state index contributed by atoms with van der Waals surface area (Å²) in [7, 11) is 1.69. The van der Waals surface area contributed by atoms with Crippen LogP contribution in [0.25, 0.3) is 0 Å². The molecule has 0 saturated carbocycles. The minimum absolute atomic E-state index is 0.135. The summed E-state index contributed by atoms with van der Waals surface area (Å²) in [6, 6.07) is 18.2. The maximum Gasteiger partial charge on any atom is 0.407 e. The van der Waals surface area contributed by atoms with E-state index in [-0.39, 0.29) is 48.8 Å². The van der Waals surface area contributed by atoms with Crippen molar-refractivity contribution in [3.8, 4) is 0 Å². The topological polar surface area (TPSA) is 151 Å². The number of benzene rings is 2. The van der Waals surface area contributed by atoms with Crippen molar-refractivity contribution in [2.75, 3.05) is 26.7 Å². The molecule has 0 spiro atoms. The molecule has 4 atom stereocenters. The highest BCUT2D eigenvalue weighted by atomic mass is 32.2. The number of aliphatic imine (C=N–C) groups is 1. The minimum Gasteiger partial charge on any atom is -0.448 e. The number of urea groups is 1. The average Bonchev–Trinajstić information content (AvgIpc) is 3.80. The first kappa shape index (κ1) is 37.9. The summed E-state index contributed by atoms with van der Waals surface area (Å²) in [4.78, 5) is 50.1. The summed E-state index contributed by atoms with van der Waals surface area (Å²) >= 11 is 3.14. The number of thiazole rings is 1. The number of carbonyl (C=O) groups excluding carboxylic acids is 3. The number of nitrogens with one attached hydrogen (secondary N) is 3. The number of amides is 4. The van der Waals surface area contributed by atoms with Gasteiger partial charge in [-0.3, -0.25) is 9.79 Å². The molecule has 1 aliphatic rings. The van der Waals surface area contributed by atoms with Crippen LogP contribution in [0.3, 0.4) is 0 Å². The first-order chi connectivity index (χ1) is 23.7. The van der Waals surface area contributed by atoms with Crippen LogP contribution in [-0.2, 0) is 28.9 Å².